The Bertz CT molecular complexity index is 381. The molecule has 16 heavy (non-hydrogen) atoms. The molecule has 0 N–H and O–H groups in total. The monoisotopic (exact) mass is 218 g/mol. The summed E-state index contributed by atoms with van der Waals surface area (Å²) in [4.78, 5) is 18.2. The molecule has 1 aliphatic heterocycles. The summed E-state index contributed by atoms with van der Waals surface area (Å²) in [6.07, 6.45) is 3.92. The first kappa shape index (κ1) is 11.1. The second kappa shape index (κ2) is 4.64. The van der Waals surface area contributed by atoms with E-state index in [2.05, 4.69) is 11.9 Å². The van der Waals surface area contributed by atoms with Crippen molar-refractivity contribution in [3.8, 4) is 0 Å². The van der Waals surface area contributed by atoms with Crippen molar-refractivity contribution in [1.29, 1.82) is 0 Å². The molecule has 0 aliphatic carbocycles. The van der Waals surface area contributed by atoms with Gasteiger partial charge in [0, 0.05) is 19.3 Å². The van der Waals surface area contributed by atoms with Crippen LogP contribution in [0.5, 0.6) is 0 Å². The SMILES string of the molecule is Cc1ccnc(C(=O)N2CCC(C)CC2)c1. The maximum absolute atomic E-state index is 12.1. The molecule has 0 spiro atoms. The normalized spacial score (nSPS) is 17.5. The average Bonchev–Trinajstić information content (AvgIpc) is 2.29. The summed E-state index contributed by atoms with van der Waals surface area (Å²) in [7, 11) is 0. The van der Waals surface area contributed by atoms with Crippen molar-refractivity contribution in [3.63, 3.8) is 0 Å². The molecule has 0 aromatic carbocycles. The third-order valence-corrected chi connectivity index (χ3v) is 3.21. The van der Waals surface area contributed by atoms with E-state index < -0.39 is 0 Å². The summed E-state index contributed by atoms with van der Waals surface area (Å²) >= 11 is 0. The first-order valence-corrected chi connectivity index (χ1v) is 5.89. The fourth-order valence-electron chi connectivity index (χ4n) is 2.03. The van der Waals surface area contributed by atoms with Gasteiger partial charge in [0.25, 0.3) is 5.91 Å². The number of aryl methyl sites for hydroxylation is 1. The lowest BCUT2D eigenvalue weighted by atomic mass is 9.99. The van der Waals surface area contributed by atoms with Crippen molar-refractivity contribution in [2.45, 2.75) is 26.7 Å². The van der Waals surface area contributed by atoms with Gasteiger partial charge >= 0.3 is 0 Å². The van der Waals surface area contributed by atoms with E-state index in [0.717, 1.165) is 37.4 Å². The Morgan fingerprint density at radius 2 is 2.12 bits per heavy atom. The second-order valence-corrected chi connectivity index (χ2v) is 4.69. The topological polar surface area (TPSA) is 33.2 Å². The van der Waals surface area contributed by atoms with Crippen LogP contribution in [0.1, 0.15) is 35.8 Å². The van der Waals surface area contributed by atoms with Gasteiger partial charge in [-0.2, -0.15) is 0 Å². The fourth-order valence-corrected chi connectivity index (χ4v) is 2.03. The molecule has 2 heterocycles. The van der Waals surface area contributed by atoms with Crippen LogP contribution >= 0.6 is 0 Å². The molecule has 1 aromatic rings. The second-order valence-electron chi connectivity index (χ2n) is 4.69. The van der Waals surface area contributed by atoms with Gasteiger partial charge in [-0.3, -0.25) is 9.78 Å². The van der Waals surface area contributed by atoms with Gasteiger partial charge in [-0.05, 0) is 43.4 Å². The van der Waals surface area contributed by atoms with Crippen molar-refractivity contribution >= 4 is 5.91 Å². The molecule has 2 rings (SSSR count). The van der Waals surface area contributed by atoms with Gasteiger partial charge in [0.15, 0.2) is 0 Å². The third-order valence-electron chi connectivity index (χ3n) is 3.21. The summed E-state index contributed by atoms with van der Waals surface area (Å²) in [6.45, 7) is 5.97. The van der Waals surface area contributed by atoms with Crippen LogP contribution in [-0.4, -0.2) is 28.9 Å². The predicted octanol–water partition coefficient (Wildman–Crippen LogP) is 2.26. The van der Waals surface area contributed by atoms with Crippen molar-refractivity contribution in [3.05, 3.63) is 29.6 Å². The number of carbonyl (C=O) groups excluding carboxylic acids is 1. The number of pyridine rings is 1. The van der Waals surface area contributed by atoms with Crippen LogP contribution < -0.4 is 0 Å². The molecule has 3 nitrogen and oxygen atoms in total. The van der Waals surface area contributed by atoms with Gasteiger partial charge in [-0.1, -0.05) is 6.92 Å². The lowest BCUT2D eigenvalue weighted by Crippen LogP contribution is -2.38. The van der Waals surface area contributed by atoms with Crippen LogP contribution in [0.2, 0.25) is 0 Å². The highest BCUT2D eigenvalue weighted by molar-refractivity contribution is 5.92. The lowest BCUT2D eigenvalue weighted by Gasteiger charge is -2.30. The minimum atomic E-state index is 0.0793. The number of piperidine rings is 1. The molecule has 1 amide bonds. The van der Waals surface area contributed by atoms with Gasteiger partial charge < -0.3 is 4.90 Å². The largest absolute Gasteiger partial charge is 0.337 e. The highest BCUT2D eigenvalue weighted by Gasteiger charge is 2.21. The van der Waals surface area contributed by atoms with Crippen molar-refractivity contribution < 1.29 is 4.79 Å². The van der Waals surface area contributed by atoms with E-state index >= 15 is 0 Å². The Kier molecular flexibility index (Phi) is 3.22. The molecule has 3 heteroatoms. The molecule has 0 radical (unpaired) electrons. The predicted molar refractivity (Wildman–Crippen MR) is 63.3 cm³/mol. The molecule has 1 fully saturated rings. The molecule has 1 aliphatic rings. The molecule has 86 valence electrons. The lowest BCUT2D eigenvalue weighted by molar-refractivity contribution is 0.0691. The van der Waals surface area contributed by atoms with Crippen LogP contribution in [0.4, 0.5) is 0 Å². The Morgan fingerprint density at radius 3 is 2.75 bits per heavy atom. The fraction of sp³-hybridized carbons (Fsp3) is 0.538. The molecule has 1 saturated heterocycles. The number of hydrogen-bond acceptors (Lipinski definition) is 2. The van der Waals surface area contributed by atoms with E-state index in [9.17, 15) is 4.79 Å². The Labute approximate surface area is 96.5 Å². The molecular weight excluding hydrogens is 200 g/mol. The van der Waals surface area contributed by atoms with Crippen LogP contribution in [-0.2, 0) is 0 Å². The maximum atomic E-state index is 12.1. The summed E-state index contributed by atoms with van der Waals surface area (Å²) in [5.74, 6) is 0.824. The maximum Gasteiger partial charge on any atom is 0.272 e. The van der Waals surface area contributed by atoms with Crippen LogP contribution in [0.15, 0.2) is 18.3 Å². The molecule has 0 bridgehead atoms. The number of carbonyl (C=O) groups is 1. The van der Waals surface area contributed by atoms with E-state index in [1.807, 2.05) is 24.0 Å². The zero-order chi connectivity index (χ0) is 11.5. The van der Waals surface area contributed by atoms with Crippen LogP contribution in [0.25, 0.3) is 0 Å². The number of amides is 1. The summed E-state index contributed by atoms with van der Waals surface area (Å²) < 4.78 is 0. The minimum absolute atomic E-state index is 0.0793. The van der Waals surface area contributed by atoms with Gasteiger partial charge in [0.2, 0.25) is 0 Å². The van der Waals surface area contributed by atoms with Crippen molar-refractivity contribution in [1.82, 2.24) is 9.88 Å². The van der Waals surface area contributed by atoms with Gasteiger partial charge in [-0.15, -0.1) is 0 Å². The highest BCUT2D eigenvalue weighted by Crippen LogP contribution is 2.17. The Morgan fingerprint density at radius 1 is 1.44 bits per heavy atom. The van der Waals surface area contributed by atoms with E-state index in [0.29, 0.717) is 5.69 Å². The summed E-state index contributed by atoms with van der Waals surface area (Å²) in [5, 5.41) is 0. The van der Waals surface area contributed by atoms with Crippen molar-refractivity contribution in [2.75, 3.05) is 13.1 Å². The number of rotatable bonds is 1. The number of nitrogens with zero attached hydrogens (tertiary/aromatic N) is 2. The van der Waals surface area contributed by atoms with Gasteiger partial charge in [0.1, 0.15) is 5.69 Å². The molecule has 0 unspecified atom stereocenters. The average molecular weight is 218 g/mol. The zero-order valence-corrected chi connectivity index (χ0v) is 9.94. The van der Waals surface area contributed by atoms with Crippen molar-refractivity contribution in [2.24, 2.45) is 5.92 Å². The zero-order valence-electron chi connectivity index (χ0n) is 9.94. The molecule has 0 saturated carbocycles. The van der Waals surface area contributed by atoms with Gasteiger partial charge in [0.05, 0.1) is 0 Å². The first-order valence-electron chi connectivity index (χ1n) is 5.89. The standard InChI is InChI=1S/C13H18N2O/c1-10-4-7-15(8-5-10)13(16)12-9-11(2)3-6-14-12/h3,6,9-10H,4-5,7-8H2,1-2H3. The van der Waals surface area contributed by atoms with Crippen LogP contribution in [0, 0.1) is 12.8 Å². The first-order chi connectivity index (χ1) is 7.66. The Hall–Kier alpha value is -1.38. The minimum Gasteiger partial charge on any atom is -0.337 e. The third kappa shape index (κ3) is 2.40. The number of hydrogen-bond donors (Lipinski definition) is 0. The highest BCUT2D eigenvalue weighted by atomic mass is 16.2. The van der Waals surface area contributed by atoms with E-state index in [-0.39, 0.29) is 5.91 Å². The molecule has 0 atom stereocenters. The summed E-state index contributed by atoms with van der Waals surface area (Å²) in [5.41, 5.74) is 1.67. The smallest absolute Gasteiger partial charge is 0.272 e. The van der Waals surface area contributed by atoms with Gasteiger partial charge in [-0.25, -0.2) is 0 Å². The van der Waals surface area contributed by atoms with E-state index in [1.54, 1.807) is 6.20 Å². The van der Waals surface area contributed by atoms with E-state index in [4.69, 9.17) is 0 Å². The number of aromatic nitrogens is 1. The van der Waals surface area contributed by atoms with E-state index in [1.165, 1.54) is 0 Å². The molecule has 1 aromatic heterocycles. The Balaban J connectivity index is 2.08. The quantitative estimate of drug-likeness (QED) is 0.724. The van der Waals surface area contributed by atoms with Crippen LogP contribution in [0.3, 0.4) is 0 Å². The summed E-state index contributed by atoms with van der Waals surface area (Å²) in [6, 6.07) is 3.77. The number of likely N-dealkylation sites (tertiary alicyclic amines) is 1. The molecular formula is C13H18N2O.